The molecule has 9 heteroatoms. The minimum atomic E-state index is -1.14. The summed E-state index contributed by atoms with van der Waals surface area (Å²) in [6.45, 7) is -1.35. The van der Waals surface area contributed by atoms with Crippen LogP contribution in [0.2, 0.25) is 0 Å². The Bertz CT molecular complexity index is 977. The maximum absolute atomic E-state index is 13.1. The molecule has 0 aliphatic carbocycles. The van der Waals surface area contributed by atoms with Gasteiger partial charge in [0, 0.05) is 17.3 Å². The fraction of sp³-hybridized carbons (Fsp3) is 0.158. The number of hydrogen-bond acceptors (Lipinski definition) is 5. The van der Waals surface area contributed by atoms with Crippen molar-refractivity contribution in [2.75, 3.05) is 18.5 Å². The van der Waals surface area contributed by atoms with Crippen molar-refractivity contribution < 1.29 is 32.7 Å². The molecule has 7 nitrogen and oxygen atoms in total. The number of rotatable bonds is 5. The Morgan fingerprint density at radius 3 is 2.57 bits per heavy atom. The number of benzene rings is 2. The summed E-state index contributed by atoms with van der Waals surface area (Å²) in [6, 6.07) is 9.31. The van der Waals surface area contributed by atoms with Crippen molar-refractivity contribution >= 4 is 29.4 Å². The van der Waals surface area contributed by atoms with Gasteiger partial charge in [0.1, 0.15) is 6.54 Å². The Hall–Kier alpha value is -3.62. The van der Waals surface area contributed by atoms with Crippen LogP contribution < -0.4 is 5.32 Å². The monoisotopic (exact) mass is 388 g/mol. The van der Waals surface area contributed by atoms with Gasteiger partial charge in [-0.1, -0.05) is 18.2 Å². The molecule has 0 atom stereocenters. The molecule has 0 unspecified atom stereocenters. The first-order valence-electron chi connectivity index (χ1n) is 8.18. The second kappa shape index (κ2) is 7.95. The molecule has 2 aromatic rings. The average molecular weight is 388 g/mol. The van der Waals surface area contributed by atoms with E-state index in [1.807, 2.05) is 0 Å². The zero-order chi connectivity index (χ0) is 20.3. The highest BCUT2D eigenvalue weighted by Crippen LogP contribution is 2.19. The van der Waals surface area contributed by atoms with E-state index in [-0.39, 0.29) is 12.1 Å². The quantitative estimate of drug-likeness (QED) is 0.621. The summed E-state index contributed by atoms with van der Waals surface area (Å²) in [7, 11) is 0. The second-order valence-corrected chi connectivity index (χ2v) is 5.96. The lowest BCUT2D eigenvalue weighted by atomic mass is 9.98. The van der Waals surface area contributed by atoms with E-state index in [9.17, 15) is 28.0 Å². The molecule has 0 bridgehead atoms. The van der Waals surface area contributed by atoms with Crippen molar-refractivity contribution in [3.05, 3.63) is 65.2 Å². The van der Waals surface area contributed by atoms with Crippen molar-refractivity contribution in [1.82, 2.24) is 4.90 Å². The van der Waals surface area contributed by atoms with Gasteiger partial charge in [-0.3, -0.25) is 24.1 Å². The summed E-state index contributed by atoms with van der Waals surface area (Å²) in [5, 5.41) is 2.23. The van der Waals surface area contributed by atoms with Crippen LogP contribution >= 0.6 is 0 Å². The summed E-state index contributed by atoms with van der Waals surface area (Å²) in [6.07, 6.45) is -0.0220. The van der Waals surface area contributed by atoms with Crippen LogP contribution in [0.25, 0.3) is 0 Å². The Labute approximate surface area is 157 Å². The number of halogens is 2. The van der Waals surface area contributed by atoms with E-state index >= 15 is 0 Å². The third kappa shape index (κ3) is 4.20. The minimum Gasteiger partial charge on any atom is -0.454 e. The number of nitrogens with one attached hydrogen (secondary N) is 1. The molecule has 28 heavy (non-hydrogen) atoms. The molecule has 0 saturated heterocycles. The van der Waals surface area contributed by atoms with Crippen molar-refractivity contribution in [1.29, 1.82) is 0 Å². The number of imide groups is 1. The normalized spacial score (nSPS) is 13.1. The third-order valence-corrected chi connectivity index (χ3v) is 3.99. The maximum atomic E-state index is 13.1. The molecule has 0 aromatic heterocycles. The van der Waals surface area contributed by atoms with E-state index < -0.39 is 48.5 Å². The highest BCUT2D eigenvalue weighted by Gasteiger charge is 2.32. The molecule has 1 N–H and O–H groups in total. The van der Waals surface area contributed by atoms with E-state index in [1.165, 1.54) is 0 Å². The van der Waals surface area contributed by atoms with Gasteiger partial charge in [0.25, 0.3) is 11.8 Å². The zero-order valence-electron chi connectivity index (χ0n) is 14.4. The van der Waals surface area contributed by atoms with Crippen LogP contribution in [0.5, 0.6) is 0 Å². The fourth-order valence-corrected chi connectivity index (χ4v) is 2.65. The Balaban J connectivity index is 1.54. The van der Waals surface area contributed by atoms with Crippen LogP contribution in [0.4, 0.5) is 14.5 Å². The zero-order valence-corrected chi connectivity index (χ0v) is 14.4. The summed E-state index contributed by atoms with van der Waals surface area (Å²) in [4.78, 5) is 48.9. The molecule has 1 aliphatic heterocycles. The van der Waals surface area contributed by atoms with Crippen LogP contribution in [0.1, 0.15) is 15.9 Å². The number of esters is 1. The van der Waals surface area contributed by atoms with Gasteiger partial charge in [0.05, 0.1) is 6.42 Å². The number of nitrogens with zero attached hydrogens (tertiary/aromatic N) is 1. The molecule has 0 spiro atoms. The molecule has 3 amide bonds. The molecule has 1 heterocycles. The maximum Gasteiger partial charge on any atom is 0.326 e. The van der Waals surface area contributed by atoms with Crippen LogP contribution in [0.15, 0.2) is 42.5 Å². The van der Waals surface area contributed by atoms with E-state index in [4.69, 9.17) is 4.74 Å². The molecule has 0 saturated carbocycles. The number of amides is 3. The summed E-state index contributed by atoms with van der Waals surface area (Å²) < 4.78 is 30.7. The predicted octanol–water partition coefficient (Wildman–Crippen LogP) is 1.67. The summed E-state index contributed by atoms with van der Waals surface area (Å²) >= 11 is 0. The molecule has 2 aromatic carbocycles. The van der Waals surface area contributed by atoms with E-state index in [0.29, 0.717) is 11.1 Å². The molecule has 0 fully saturated rings. The number of carbonyl (C=O) groups is 4. The first kappa shape index (κ1) is 19.2. The number of hydrogen-bond donors (Lipinski definition) is 1. The van der Waals surface area contributed by atoms with Gasteiger partial charge >= 0.3 is 5.97 Å². The predicted molar refractivity (Wildman–Crippen MR) is 92.1 cm³/mol. The highest BCUT2D eigenvalue weighted by molar-refractivity contribution is 6.11. The van der Waals surface area contributed by atoms with Gasteiger partial charge in [0.15, 0.2) is 18.2 Å². The second-order valence-electron chi connectivity index (χ2n) is 5.96. The first-order chi connectivity index (χ1) is 13.3. The van der Waals surface area contributed by atoms with E-state index in [2.05, 4.69) is 5.32 Å². The lowest BCUT2D eigenvalue weighted by Gasteiger charge is -2.25. The molecule has 1 aliphatic rings. The van der Waals surface area contributed by atoms with E-state index in [0.717, 1.165) is 23.1 Å². The number of carbonyl (C=O) groups excluding carboxylic acids is 4. The van der Waals surface area contributed by atoms with Gasteiger partial charge in [-0.15, -0.1) is 0 Å². The lowest BCUT2D eigenvalue weighted by Crippen LogP contribution is -2.45. The van der Waals surface area contributed by atoms with Crippen LogP contribution in [-0.4, -0.2) is 41.7 Å². The average Bonchev–Trinajstić information content (AvgIpc) is 2.66. The van der Waals surface area contributed by atoms with Crippen molar-refractivity contribution in [3.8, 4) is 0 Å². The Kier molecular flexibility index (Phi) is 5.44. The summed E-state index contributed by atoms with van der Waals surface area (Å²) in [5.74, 6) is -5.12. The molecular weight excluding hydrogens is 374 g/mol. The van der Waals surface area contributed by atoms with Crippen LogP contribution in [-0.2, 0) is 25.5 Å². The smallest absolute Gasteiger partial charge is 0.326 e. The standard InChI is InChI=1S/C19H14F2N2O5/c20-14-6-5-12(8-15(14)21)22-16(24)10-28-18(26)9-23-17(25)7-11-3-1-2-4-13(11)19(23)27/h1-6,8H,7,9-10H2,(H,22,24). The van der Waals surface area contributed by atoms with Crippen LogP contribution in [0, 0.1) is 11.6 Å². The minimum absolute atomic E-state index is 0.0158. The molecular formula is C19H14F2N2O5. The summed E-state index contributed by atoms with van der Waals surface area (Å²) in [5.41, 5.74) is 0.886. The van der Waals surface area contributed by atoms with Crippen molar-refractivity contribution in [2.45, 2.75) is 6.42 Å². The van der Waals surface area contributed by atoms with Gasteiger partial charge in [-0.25, -0.2) is 8.78 Å². The van der Waals surface area contributed by atoms with Gasteiger partial charge in [-0.2, -0.15) is 0 Å². The van der Waals surface area contributed by atoms with Gasteiger partial charge in [0.2, 0.25) is 5.91 Å². The third-order valence-electron chi connectivity index (χ3n) is 3.99. The SMILES string of the molecule is O=C(COC(=O)CN1C(=O)Cc2ccccc2C1=O)Nc1ccc(F)c(F)c1. The molecule has 0 radical (unpaired) electrons. The largest absolute Gasteiger partial charge is 0.454 e. The number of anilines is 1. The number of ether oxygens (including phenoxy) is 1. The van der Waals surface area contributed by atoms with Gasteiger partial charge in [-0.05, 0) is 23.8 Å². The Morgan fingerprint density at radius 1 is 1.07 bits per heavy atom. The van der Waals surface area contributed by atoms with Crippen molar-refractivity contribution in [3.63, 3.8) is 0 Å². The Morgan fingerprint density at radius 2 is 1.82 bits per heavy atom. The molecule has 3 rings (SSSR count). The van der Waals surface area contributed by atoms with Crippen molar-refractivity contribution in [2.24, 2.45) is 0 Å². The van der Waals surface area contributed by atoms with Gasteiger partial charge < -0.3 is 10.1 Å². The lowest BCUT2D eigenvalue weighted by molar-refractivity contribution is -0.150. The molecule has 144 valence electrons. The fourth-order valence-electron chi connectivity index (χ4n) is 2.65. The van der Waals surface area contributed by atoms with Crippen LogP contribution in [0.3, 0.4) is 0 Å². The topological polar surface area (TPSA) is 92.8 Å². The number of fused-ring (bicyclic) bond motifs is 1. The first-order valence-corrected chi connectivity index (χ1v) is 8.18. The highest BCUT2D eigenvalue weighted by atomic mass is 19.2. The van der Waals surface area contributed by atoms with E-state index in [1.54, 1.807) is 24.3 Å².